The first-order valence-corrected chi connectivity index (χ1v) is 5.88. The van der Waals surface area contributed by atoms with Gasteiger partial charge in [-0.1, -0.05) is 12.1 Å². The van der Waals surface area contributed by atoms with Crippen molar-refractivity contribution in [3.05, 3.63) is 24.3 Å². The molecule has 1 fully saturated rings. The number of nitrogens with zero attached hydrogens (tertiary/aromatic N) is 2. The average molecular weight is 247 g/mol. The number of benzene rings is 1. The molecular formula is C13H17N3O2. The summed E-state index contributed by atoms with van der Waals surface area (Å²) < 4.78 is 0. The Kier molecular flexibility index (Phi) is 3.23. The molecule has 2 rings (SSSR count). The largest absolute Gasteiger partial charge is 0.376 e. The summed E-state index contributed by atoms with van der Waals surface area (Å²) in [4.78, 5) is 27.2. The lowest BCUT2D eigenvalue weighted by atomic mass is 10.1. The Morgan fingerprint density at radius 2 is 1.94 bits per heavy atom. The summed E-state index contributed by atoms with van der Waals surface area (Å²) in [6.07, 6.45) is 0. The van der Waals surface area contributed by atoms with Crippen LogP contribution in [0.3, 0.4) is 0 Å². The van der Waals surface area contributed by atoms with Gasteiger partial charge in [-0.25, -0.2) is 0 Å². The lowest BCUT2D eigenvalue weighted by Crippen LogP contribution is -2.57. The SMILES string of the molecule is CC1NC(=O)CN(c2ccccc2N(C)C)C1=O. The Morgan fingerprint density at radius 1 is 1.28 bits per heavy atom. The average Bonchev–Trinajstić information content (AvgIpc) is 2.33. The third-order valence-electron chi connectivity index (χ3n) is 2.97. The van der Waals surface area contributed by atoms with E-state index in [0.717, 1.165) is 11.4 Å². The van der Waals surface area contributed by atoms with E-state index in [-0.39, 0.29) is 18.4 Å². The lowest BCUT2D eigenvalue weighted by molar-refractivity contribution is -0.130. The van der Waals surface area contributed by atoms with Gasteiger partial charge in [-0.3, -0.25) is 14.5 Å². The third-order valence-corrected chi connectivity index (χ3v) is 2.97. The van der Waals surface area contributed by atoms with Gasteiger partial charge < -0.3 is 10.2 Å². The van der Waals surface area contributed by atoms with Gasteiger partial charge in [-0.05, 0) is 19.1 Å². The second-order valence-corrected chi connectivity index (χ2v) is 4.60. The van der Waals surface area contributed by atoms with Crippen LogP contribution >= 0.6 is 0 Å². The molecule has 1 heterocycles. The molecule has 0 spiro atoms. The van der Waals surface area contributed by atoms with Crippen LogP contribution in [0.4, 0.5) is 11.4 Å². The molecule has 1 aliphatic rings. The second kappa shape index (κ2) is 4.68. The van der Waals surface area contributed by atoms with E-state index in [1.165, 1.54) is 0 Å². The van der Waals surface area contributed by atoms with Gasteiger partial charge in [0.2, 0.25) is 11.8 Å². The summed E-state index contributed by atoms with van der Waals surface area (Å²) in [5.41, 5.74) is 1.70. The molecular weight excluding hydrogens is 230 g/mol. The Bertz CT molecular complexity index is 485. The monoisotopic (exact) mass is 247 g/mol. The van der Waals surface area contributed by atoms with Crippen molar-refractivity contribution in [3.63, 3.8) is 0 Å². The van der Waals surface area contributed by atoms with E-state index in [2.05, 4.69) is 5.32 Å². The number of carbonyl (C=O) groups is 2. The molecule has 0 bridgehead atoms. The number of nitrogens with one attached hydrogen (secondary N) is 1. The van der Waals surface area contributed by atoms with E-state index < -0.39 is 6.04 Å². The molecule has 1 atom stereocenters. The van der Waals surface area contributed by atoms with Crippen molar-refractivity contribution >= 4 is 23.2 Å². The number of carbonyl (C=O) groups excluding carboxylic acids is 2. The van der Waals surface area contributed by atoms with Gasteiger partial charge in [0.15, 0.2) is 0 Å². The Balaban J connectivity index is 2.41. The van der Waals surface area contributed by atoms with E-state index in [1.54, 1.807) is 11.8 Å². The van der Waals surface area contributed by atoms with E-state index in [9.17, 15) is 9.59 Å². The van der Waals surface area contributed by atoms with E-state index in [4.69, 9.17) is 0 Å². The maximum Gasteiger partial charge on any atom is 0.249 e. The van der Waals surface area contributed by atoms with Crippen LogP contribution in [0, 0.1) is 0 Å². The topological polar surface area (TPSA) is 52.7 Å². The fourth-order valence-electron chi connectivity index (χ4n) is 2.08. The highest BCUT2D eigenvalue weighted by molar-refractivity contribution is 6.08. The summed E-state index contributed by atoms with van der Waals surface area (Å²) in [5, 5.41) is 2.63. The van der Waals surface area contributed by atoms with Gasteiger partial charge in [-0.2, -0.15) is 0 Å². The van der Waals surface area contributed by atoms with Crippen LogP contribution in [-0.4, -0.2) is 38.5 Å². The van der Waals surface area contributed by atoms with Crippen LogP contribution in [0.5, 0.6) is 0 Å². The van der Waals surface area contributed by atoms with Crippen LogP contribution in [0.2, 0.25) is 0 Å². The molecule has 5 heteroatoms. The third kappa shape index (κ3) is 2.16. The quantitative estimate of drug-likeness (QED) is 0.833. The number of anilines is 2. The van der Waals surface area contributed by atoms with Crippen LogP contribution in [-0.2, 0) is 9.59 Å². The van der Waals surface area contributed by atoms with Crippen molar-refractivity contribution in [1.29, 1.82) is 0 Å². The minimum absolute atomic E-state index is 0.0774. The minimum Gasteiger partial charge on any atom is -0.376 e. The predicted molar refractivity (Wildman–Crippen MR) is 70.7 cm³/mol. The zero-order valence-electron chi connectivity index (χ0n) is 10.8. The molecule has 2 amide bonds. The molecule has 0 aromatic heterocycles. The summed E-state index contributed by atoms with van der Waals surface area (Å²) in [7, 11) is 3.83. The molecule has 5 nitrogen and oxygen atoms in total. The van der Waals surface area contributed by atoms with Crippen molar-refractivity contribution in [2.45, 2.75) is 13.0 Å². The van der Waals surface area contributed by atoms with Gasteiger partial charge >= 0.3 is 0 Å². The summed E-state index contributed by atoms with van der Waals surface area (Å²) in [5.74, 6) is -0.209. The summed E-state index contributed by atoms with van der Waals surface area (Å²) in [6, 6.07) is 7.10. The fraction of sp³-hybridized carbons (Fsp3) is 0.385. The van der Waals surface area contributed by atoms with Crippen molar-refractivity contribution in [2.75, 3.05) is 30.4 Å². The molecule has 1 N–H and O–H groups in total. The first kappa shape index (κ1) is 12.4. The van der Waals surface area contributed by atoms with Gasteiger partial charge in [0, 0.05) is 14.1 Å². The van der Waals surface area contributed by atoms with E-state index in [1.807, 2.05) is 43.3 Å². The van der Waals surface area contributed by atoms with E-state index >= 15 is 0 Å². The normalized spacial score (nSPS) is 19.7. The molecule has 18 heavy (non-hydrogen) atoms. The Hall–Kier alpha value is -2.04. The van der Waals surface area contributed by atoms with Crippen molar-refractivity contribution < 1.29 is 9.59 Å². The minimum atomic E-state index is -0.471. The Labute approximate surface area is 106 Å². The lowest BCUT2D eigenvalue weighted by Gasteiger charge is -2.33. The van der Waals surface area contributed by atoms with Gasteiger partial charge in [0.25, 0.3) is 0 Å². The molecule has 0 radical (unpaired) electrons. The number of piperazine rings is 1. The molecule has 1 aromatic carbocycles. The molecule has 1 unspecified atom stereocenters. The molecule has 1 saturated heterocycles. The Morgan fingerprint density at radius 3 is 2.61 bits per heavy atom. The predicted octanol–water partition coefficient (Wildman–Crippen LogP) is 0.604. The van der Waals surface area contributed by atoms with Crippen molar-refractivity contribution in [3.8, 4) is 0 Å². The number of para-hydroxylation sites is 2. The highest BCUT2D eigenvalue weighted by Gasteiger charge is 2.31. The molecule has 1 aliphatic heterocycles. The first-order valence-electron chi connectivity index (χ1n) is 5.88. The van der Waals surface area contributed by atoms with Gasteiger partial charge in [0.05, 0.1) is 11.4 Å². The zero-order chi connectivity index (χ0) is 13.3. The maximum atomic E-state index is 12.1. The zero-order valence-corrected chi connectivity index (χ0v) is 10.8. The van der Waals surface area contributed by atoms with Gasteiger partial charge in [-0.15, -0.1) is 0 Å². The van der Waals surface area contributed by atoms with Crippen molar-refractivity contribution in [1.82, 2.24) is 5.32 Å². The first-order chi connectivity index (χ1) is 8.50. The smallest absolute Gasteiger partial charge is 0.249 e. The number of hydrogen-bond acceptors (Lipinski definition) is 3. The summed E-state index contributed by atoms with van der Waals surface area (Å²) >= 11 is 0. The second-order valence-electron chi connectivity index (χ2n) is 4.60. The van der Waals surface area contributed by atoms with Crippen LogP contribution in [0.15, 0.2) is 24.3 Å². The van der Waals surface area contributed by atoms with E-state index in [0.29, 0.717) is 0 Å². The highest BCUT2D eigenvalue weighted by Crippen LogP contribution is 2.28. The number of hydrogen-bond donors (Lipinski definition) is 1. The van der Waals surface area contributed by atoms with Gasteiger partial charge in [0.1, 0.15) is 12.6 Å². The highest BCUT2D eigenvalue weighted by atomic mass is 16.2. The van der Waals surface area contributed by atoms with Crippen LogP contribution in [0.1, 0.15) is 6.92 Å². The number of rotatable bonds is 2. The molecule has 0 saturated carbocycles. The molecule has 1 aromatic rings. The fourth-order valence-corrected chi connectivity index (χ4v) is 2.08. The van der Waals surface area contributed by atoms with Crippen LogP contribution in [0.25, 0.3) is 0 Å². The molecule has 0 aliphatic carbocycles. The van der Waals surface area contributed by atoms with Crippen LogP contribution < -0.4 is 15.1 Å². The maximum absolute atomic E-state index is 12.1. The number of amides is 2. The standard InChI is InChI=1S/C13H17N3O2/c1-9-13(18)16(8-12(17)14-9)11-7-5-4-6-10(11)15(2)3/h4-7,9H,8H2,1-3H3,(H,14,17). The summed E-state index contributed by atoms with van der Waals surface area (Å²) in [6.45, 7) is 1.78. The van der Waals surface area contributed by atoms with Crippen molar-refractivity contribution in [2.24, 2.45) is 0 Å². The molecule has 96 valence electrons.